The van der Waals surface area contributed by atoms with Crippen LogP contribution in [0.25, 0.3) is 11.2 Å². The smallest absolute Gasteiger partial charge is 0.385 e. The van der Waals surface area contributed by atoms with E-state index in [1.165, 1.54) is 17.0 Å². The lowest BCUT2D eigenvalue weighted by molar-refractivity contribution is -0.136. The molecule has 2 fully saturated rings. The molecule has 0 aliphatic carbocycles. The van der Waals surface area contributed by atoms with Crippen LogP contribution in [0.3, 0.4) is 0 Å². The van der Waals surface area contributed by atoms with Crippen molar-refractivity contribution in [2.45, 2.75) is 36.5 Å². The number of aryl methyl sites for hydroxylation is 1. The van der Waals surface area contributed by atoms with Crippen LogP contribution in [0, 0.1) is 0 Å². The molecule has 0 amide bonds. The predicted octanol–water partition coefficient (Wildman–Crippen LogP) is 2.66. The maximum absolute atomic E-state index is 14.2. The number of hydrogen-bond donors (Lipinski definition) is 1. The van der Waals surface area contributed by atoms with Gasteiger partial charge in [0.2, 0.25) is 0 Å². The molecular weight excluding hydrogens is 513 g/mol. The molecule has 1 N–H and O–H groups in total. The molecule has 0 radical (unpaired) electrons. The normalized spacial score (nSPS) is 19.3. The van der Waals surface area contributed by atoms with Crippen LogP contribution in [-0.4, -0.2) is 67.1 Å². The number of likely N-dealkylation sites (tertiary alicyclic amines) is 1. The zero-order chi connectivity index (χ0) is 27.6. The summed E-state index contributed by atoms with van der Waals surface area (Å²) in [5, 5.41) is 19.4. The topological polar surface area (TPSA) is 89.8 Å². The summed E-state index contributed by atoms with van der Waals surface area (Å²) in [6.07, 6.45) is 0.605. The minimum atomic E-state index is -4.72. The van der Waals surface area contributed by atoms with Gasteiger partial charge < -0.3 is 19.3 Å². The van der Waals surface area contributed by atoms with Gasteiger partial charge in [-0.1, -0.05) is 12.1 Å². The summed E-state index contributed by atoms with van der Waals surface area (Å²) in [7, 11) is 3.76. The van der Waals surface area contributed by atoms with Crippen molar-refractivity contribution in [3.05, 3.63) is 82.1 Å². The second kappa shape index (κ2) is 9.04. The second-order valence-corrected chi connectivity index (χ2v) is 10.9. The molecule has 0 spiro atoms. The van der Waals surface area contributed by atoms with E-state index in [0.717, 1.165) is 21.9 Å². The first kappa shape index (κ1) is 25.8. The van der Waals surface area contributed by atoms with Crippen LogP contribution in [-0.2, 0) is 35.4 Å². The maximum atomic E-state index is 14.2. The quantitative estimate of drug-likeness (QED) is 0.417. The van der Waals surface area contributed by atoms with Crippen LogP contribution >= 0.6 is 0 Å². The molecule has 206 valence electrons. The highest BCUT2D eigenvalue weighted by atomic mass is 19.4. The Hall–Kier alpha value is -3.48. The number of hydrogen-bond acceptors (Lipinski definition) is 6. The molecule has 3 aromatic heterocycles. The highest BCUT2D eigenvalue weighted by Crippen LogP contribution is 2.39. The van der Waals surface area contributed by atoms with Crippen molar-refractivity contribution >= 4 is 5.52 Å². The molecule has 0 bridgehead atoms. The Labute approximate surface area is 222 Å². The summed E-state index contributed by atoms with van der Waals surface area (Å²) in [6.45, 7) is 1.98. The van der Waals surface area contributed by atoms with Crippen molar-refractivity contribution in [1.29, 1.82) is 0 Å². The van der Waals surface area contributed by atoms with Gasteiger partial charge in [-0.15, -0.1) is 10.2 Å². The van der Waals surface area contributed by atoms with E-state index in [9.17, 15) is 23.1 Å². The van der Waals surface area contributed by atoms with Crippen molar-refractivity contribution in [1.82, 2.24) is 28.6 Å². The molecule has 0 saturated carbocycles. The van der Waals surface area contributed by atoms with E-state index in [0.29, 0.717) is 38.4 Å². The fraction of sp³-hybridized carbons (Fsp3) is 0.444. The maximum Gasteiger partial charge on any atom is 0.418 e. The van der Waals surface area contributed by atoms with Crippen molar-refractivity contribution in [2.75, 3.05) is 33.4 Å². The highest BCUT2D eigenvalue weighted by molar-refractivity contribution is 5.58. The van der Waals surface area contributed by atoms with Gasteiger partial charge in [0, 0.05) is 49.9 Å². The lowest BCUT2D eigenvalue weighted by Crippen LogP contribution is -2.49. The molecule has 9 nitrogen and oxygen atoms in total. The van der Waals surface area contributed by atoms with Crippen molar-refractivity contribution in [2.24, 2.45) is 7.05 Å². The number of aliphatic hydroxyl groups is 1. The van der Waals surface area contributed by atoms with Crippen LogP contribution in [0.4, 0.5) is 13.2 Å². The van der Waals surface area contributed by atoms with Gasteiger partial charge in [-0.2, -0.15) is 13.2 Å². The first-order chi connectivity index (χ1) is 18.5. The fourth-order valence-corrected chi connectivity index (χ4v) is 5.61. The lowest BCUT2D eigenvalue weighted by atomic mass is 9.75. The van der Waals surface area contributed by atoms with Gasteiger partial charge in [-0.05, 0) is 43.7 Å². The van der Waals surface area contributed by atoms with Gasteiger partial charge in [-0.3, -0.25) is 8.97 Å². The van der Waals surface area contributed by atoms with Crippen molar-refractivity contribution in [3.63, 3.8) is 0 Å². The number of rotatable bonds is 5. The number of benzene rings is 1. The van der Waals surface area contributed by atoms with Gasteiger partial charge in [-0.25, -0.2) is 4.79 Å². The summed E-state index contributed by atoms with van der Waals surface area (Å²) < 4.78 is 52.3. The second-order valence-electron chi connectivity index (χ2n) is 10.9. The largest absolute Gasteiger partial charge is 0.418 e. The Kier molecular flexibility index (Phi) is 5.97. The molecule has 2 aliphatic rings. The zero-order valence-corrected chi connectivity index (χ0v) is 21.6. The molecule has 39 heavy (non-hydrogen) atoms. The van der Waals surface area contributed by atoms with Gasteiger partial charge in [0.15, 0.2) is 0 Å². The van der Waals surface area contributed by atoms with Gasteiger partial charge in [0.1, 0.15) is 12.2 Å². The van der Waals surface area contributed by atoms with E-state index in [-0.39, 0.29) is 29.3 Å². The Morgan fingerprint density at radius 3 is 2.44 bits per heavy atom. The standard InChI is InChI=1S/C27H29F3N6O3/c1-33-8-6-26(38,7-9-33)19-11-21(27(28,29)30)22-14-35(24(37)36(22)13-19)20-5-3-4-18(10-20)25(15-39-16-25)12-23-32-31-17-34(23)2/h3-5,10-11,13-14,17,38H,6-9,12,15-16H2,1-2H3. The zero-order valence-electron chi connectivity index (χ0n) is 21.6. The number of aromatic nitrogens is 5. The molecule has 0 unspecified atom stereocenters. The molecule has 5 heterocycles. The minimum absolute atomic E-state index is 0.0956. The van der Waals surface area contributed by atoms with E-state index in [1.54, 1.807) is 18.5 Å². The van der Waals surface area contributed by atoms with Crippen LogP contribution in [0.2, 0.25) is 0 Å². The Balaban J connectivity index is 1.45. The molecule has 12 heteroatoms. The molecule has 2 saturated heterocycles. The van der Waals surface area contributed by atoms with Crippen molar-refractivity contribution < 1.29 is 23.0 Å². The monoisotopic (exact) mass is 542 g/mol. The van der Waals surface area contributed by atoms with E-state index in [2.05, 4.69) is 10.2 Å². The van der Waals surface area contributed by atoms with E-state index in [1.807, 2.05) is 35.7 Å². The van der Waals surface area contributed by atoms with E-state index < -0.39 is 23.0 Å². The molecule has 2 aliphatic heterocycles. The third-order valence-corrected chi connectivity index (χ3v) is 8.22. The Morgan fingerprint density at radius 1 is 1.08 bits per heavy atom. The average Bonchev–Trinajstić information content (AvgIpc) is 3.44. The van der Waals surface area contributed by atoms with Crippen LogP contribution in [0.15, 0.2) is 53.8 Å². The number of alkyl halides is 3. The number of nitrogens with zero attached hydrogens (tertiary/aromatic N) is 6. The summed E-state index contributed by atoms with van der Waals surface area (Å²) >= 11 is 0. The molecular formula is C27H29F3N6O3. The van der Waals surface area contributed by atoms with Crippen LogP contribution in [0.5, 0.6) is 0 Å². The summed E-state index contributed by atoms with van der Waals surface area (Å²) in [4.78, 5) is 15.6. The lowest BCUT2D eigenvalue weighted by Gasteiger charge is -2.41. The summed E-state index contributed by atoms with van der Waals surface area (Å²) in [5.41, 5.74) is -2.26. The predicted molar refractivity (Wildman–Crippen MR) is 136 cm³/mol. The number of pyridine rings is 1. The minimum Gasteiger partial charge on any atom is -0.385 e. The average molecular weight is 543 g/mol. The van der Waals surface area contributed by atoms with Crippen LogP contribution < -0.4 is 5.69 Å². The Bertz CT molecular complexity index is 1590. The SMILES string of the molecule is CN1CCC(O)(c2cc(C(F)(F)F)c3cn(-c4cccc(C5(Cc6nncn6C)COC5)c4)c(=O)n3c2)CC1. The fourth-order valence-electron chi connectivity index (χ4n) is 5.61. The first-order valence-corrected chi connectivity index (χ1v) is 12.8. The van der Waals surface area contributed by atoms with E-state index >= 15 is 0 Å². The third-order valence-electron chi connectivity index (χ3n) is 8.22. The number of halogens is 3. The highest BCUT2D eigenvalue weighted by Gasteiger charge is 2.42. The number of ether oxygens (including phenoxy) is 1. The van der Waals surface area contributed by atoms with Gasteiger partial charge >= 0.3 is 11.9 Å². The third kappa shape index (κ3) is 4.36. The van der Waals surface area contributed by atoms with Crippen LogP contribution in [0.1, 0.15) is 35.4 Å². The number of piperidine rings is 1. The van der Waals surface area contributed by atoms with Gasteiger partial charge in [0.25, 0.3) is 0 Å². The summed E-state index contributed by atoms with van der Waals surface area (Å²) in [6, 6.07) is 8.21. The number of imidazole rings is 1. The van der Waals surface area contributed by atoms with Crippen molar-refractivity contribution in [3.8, 4) is 5.69 Å². The first-order valence-electron chi connectivity index (χ1n) is 12.8. The van der Waals surface area contributed by atoms with Gasteiger partial charge in [0.05, 0.1) is 35.6 Å². The van der Waals surface area contributed by atoms with E-state index in [4.69, 9.17) is 4.74 Å². The molecule has 4 aromatic rings. The molecule has 1 aromatic carbocycles. The number of fused-ring (bicyclic) bond motifs is 1. The molecule has 6 rings (SSSR count). The summed E-state index contributed by atoms with van der Waals surface area (Å²) in [5.74, 6) is 0.782. The Morgan fingerprint density at radius 2 is 1.82 bits per heavy atom. The molecule has 0 atom stereocenters.